The van der Waals surface area contributed by atoms with Gasteiger partial charge in [0.1, 0.15) is 0 Å². The van der Waals surface area contributed by atoms with Gasteiger partial charge in [-0.3, -0.25) is 4.79 Å². The lowest BCUT2D eigenvalue weighted by atomic mass is 10.0. The Balaban J connectivity index is 2.73. The minimum absolute atomic E-state index is 0.0733. The van der Waals surface area contributed by atoms with E-state index in [1.807, 2.05) is 30.3 Å². The lowest BCUT2D eigenvalue weighted by Gasteiger charge is -2.08. The molecule has 0 aliphatic carbocycles. The zero-order valence-electron chi connectivity index (χ0n) is 9.73. The maximum absolute atomic E-state index is 11.4. The monoisotopic (exact) mass is 223 g/mol. The van der Waals surface area contributed by atoms with Crippen molar-refractivity contribution in [3.63, 3.8) is 0 Å². The molecule has 1 aromatic heterocycles. The Morgan fingerprint density at radius 2 is 2.06 bits per heavy atom. The second-order valence-electron chi connectivity index (χ2n) is 3.86. The third-order valence-corrected chi connectivity index (χ3v) is 2.68. The van der Waals surface area contributed by atoms with E-state index >= 15 is 0 Å². The van der Waals surface area contributed by atoms with Gasteiger partial charge in [-0.05, 0) is 19.1 Å². The van der Waals surface area contributed by atoms with Crippen molar-refractivity contribution < 1.29 is 4.79 Å². The van der Waals surface area contributed by atoms with Crippen molar-refractivity contribution >= 4 is 28.3 Å². The minimum Gasteiger partial charge on any atom is -0.294 e. The van der Waals surface area contributed by atoms with Crippen LogP contribution >= 0.6 is 0 Å². The van der Waals surface area contributed by atoms with Gasteiger partial charge in [-0.1, -0.05) is 37.4 Å². The number of allylic oxidation sites excluding steroid dienone is 1. The van der Waals surface area contributed by atoms with Crippen LogP contribution in [-0.2, 0) is 4.79 Å². The number of hydrogen-bond donors (Lipinski definition) is 0. The molecule has 2 rings (SSSR count). The molecule has 1 heterocycles. The Bertz CT molecular complexity index is 626. The van der Waals surface area contributed by atoms with Crippen LogP contribution in [0.1, 0.15) is 18.2 Å². The fraction of sp³-hybridized carbons (Fsp3) is 0.0667. The molecule has 0 radical (unpaired) electrons. The van der Waals surface area contributed by atoms with Crippen molar-refractivity contribution in [3.05, 3.63) is 54.7 Å². The Labute approximate surface area is 100 Å². The first-order valence-corrected chi connectivity index (χ1v) is 5.36. The number of aromatic nitrogens is 1. The average molecular weight is 223 g/mol. The third kappa shape index (κ3) is 2.02. The molecule has 17 heavy (non-hydrogen) atoms. The van der Waals surface area contributed by atoms with Gasteiger partial charge in [0, 0.05) is 16.5 Å². The largest absolute Gasteiger partial charge is 0.294 e. The first kappa shape index (κ1) is 11.3. The second-order valence-corrected chi connectivity index (χ2v) is 3.86. The third-order valence-electron chi connectivity index (χ3n) is 2.68. The molecule has 2 aromatic rings. The molecular formula is C15H13NO. The number of hydrogen-bond acceptors (Lipinski definition) is 2. The topological polar surface area (TPSA) is 30.0 Å². The van der Waals surface area contributed by atoms with Crippen LogP contribution < -0.4 is 0 Å². The molecule has 0 unspecified atom stereocenters. The van der Waals surface area contributed by atoms with Gasteiger partial charge in [0.05, 0.1) is 11.2 Å². The van der Waals surface area contributed by atoms with E-state index in [1.54, 1.807) is 6.08 Å². The molecule has 0 N–H and O–H groups in total. The Hall–Kier alpha value is -2.22. The van der Waals surface area contributed by atoms with Gasteiger partial charge in [-0.25, -0.2) is 4.98 Å². The number of para-hydroxylation sites is 1. The fourth-order valence-corrected chi connectivity index (χ4v) is 1.70. The number of carbonyl (C=O) groups excluding carboxylic acids is 1. The summed E-state index contributed by atoms with van der Waals surface area (Å²) >= 11 is 0. The van der Waals surface area contributed by atoms with Crippen LogP contribution in [0.2, 0.25) is 0 Å². The number of benzene rings is 1. The molecule has 0 saturated carbocycles. The first-order valence-electron chi connectivity index (χ1n) is 5.36. The SMILES string of the molecule is C=Cc1cc2ccccc2nc1C(=C)C(C)=O. The lowest BCUT2D eigenvalue weighted by Crippen LogP contribution is -2.00. The smallest absolute Gasteiger partial charge is 0.161 e. The molecule has 1 aromatic carbocycles. The molecule has 84 valence electrons. The van der Waals surface area contributed by atoms with Gasteiger partial charge in [0.15, 0.2) is 5.78 Å². The minimum atomic E-state index is -0.0733. The summed E-state index contributed by atoms with van der Waals surface area (Å²) in [6.45, 7) is 9.02. The van der Waals surface area contributed by atoms with Crippen LogP contribution in [0.4, 0.5) is 0 Å². The second kappa shape index (κ2) is 4.34. The molecule has 0 spiro atoms. The van der Waals surface area contributed by atoms with E-state index in [1.165, 1.54) is 6.92 Å². The van der Waals surface area contributed by atoms with Gasteiger partial charge in [-0.15, -0.1) is 0 Å². The van der Waals surface area contributed by atoms with Crippen LogP contribution in [0.3, 0.4) is 0 Å². The number of ketones is 1. The highest BCUT2D eigenvalue weighted by atomic mass is 16.1. The highest BCUT2D eigenvalue weighted by Gasteiger charge is 2.11. The van der Waals surface area contributed by atoms with Gasteiger partial charge in [0.2, 0.25) is 0 Å². The van der Waals surface area contributed by atoms with Crippen molar-refractivity contribution in [1.29, 1.82) is 0 Å². The normalized spacial score (nSPS) is 10.2. The number of carbonyl (C=O) groups is 1. The quantitative estimate of drug-likeness (QED) is 0.745. The molecule has 0 saturated heterocycles. The van der Waals surface area contributed by atoms with Crippen molar-refractivity contribution in [1.82, 2.24) is 4.98 Å². The fourth-order valence-electron chi connectivity index (χ4n) is 1.70. The Morgan fingerprint density at radius 3 is 2.71 bits per heavy atom. The van der Waals surface area contributed by atoms with Crippen LogP contribution in [0.25, 0.3) is 22.6 Å². The summed E-state index contributed by atoms with van der Waals surface area (Å²) < 4.78 is 0. The van der Waals surface area contributed by atoms with Crippen molar-refractivity contribution in [2.45, 2.75) is 6.92 Å². The van der Waals surface area contributed by atoms with Crippen molar-refractivity contribution in [2.24, 2.45) is 0 Å². The molecule has 0 bridgehead atoms. The predicted molar refractivity (Wildman–Crippen MR) is 71.5 cm³/mol. The molecule has 0 amide bonds. The highest BCUT2D eigenvalue weighted by molar-refractivity contribution is 6.19. The van der Waals surface area contributed by atoms with E-state index in [0.717, 1.165) is 16.5 Å². The zero-order chi connectivity index (χ0) is 12.4. The number of rotatable bonds is 3. The standard InChI is InChI=1S/C15H13NO/c1-4-12-9-13-7-5-6-8-14(13)16-15(12)10(2)11(3)17/h4-9H,1-2H2,3H3. The molecule has 0 atom stereocenters. The summed E-state index contributed by atoms with van der Waals surface area (Å²) in [5.41, 5.74) is 2.73. The summed E-state index contributed by atoms with van der Waals surface area (Å²) in [6.07, 6.45) is 1.70. The summed E-state index contributed by atoms with van der Waals surface area (Å²) in [5, 5.41) is 1.03. The van der Waals surface area contributed by atoms with Crippen LogP contribution in [0, 0.1) is 0 Å². The number of fused-ring (bicyclic) bond motifs is 1. The summed E-state index contributed by atoms with van der Waals surface area (Å²) in [6, 6.07) is 9.74. The Morgan fingerprint density at radius 1 is 1.35 bits per heavy atom. The Kier molecular flexibility index (Phi) is 2.88. The molecule has 0 aliphatic heterocycles. The van der Waals surface area contributed by atoms with Gasteiger partial charge < -0.3 is 0 Å². The number of pyridine rings is 1. The van der Waals surface area contributed by atoms with Gasteiger partial charge in [0.25, 0.3) is 0 Å². The van der Waals surface area contributed by atoms with Crippen molar-refractivity contribution in [3.8, 4) is 0 Å². The highest BCUT2D eigenvalue weighted by Crippen LogP contribution is 2.22. The van der Waals surface area contributed by atoms with Gasteiger partial charge in [-0.2, -0.15) is 0 Å². The number of nitrogens with zero attached hydrogens (tertiary/aromatic N) is 1. The molecule has 2 nitrogen and oxygen atoms in total. The van der Waals surface area contributed by atoms with Crippen LogP contribution in [0.15, 0.2) is 43.5 Å². The van der Waals surface area contributed by atoms with Crippen LogP contribution in [0.5, 0.6) is 0 Å². The van der Waals surface area contributed by atoms with E-state index in [2.05, 4.69) is 18.1 Å². The zero-order valence-corrected chi connectivity index (χ0v) is 9.73. The number of Topliss-reactive ketones (excluding diaryl/α,β-unsaturated/α-hetero) is 1. The summed E-state index contributed by atoms with van der Waals surface area (Å²) in [4.78, 5) is 15.9. The van der Waals surface area contributed by atoms with Crippen LogP contribution in [-0.4, -0.2) is 10.8 Å². The predicted octanol–water partition coefficient (Wildman–Crippen LogP) is 3.48. The molecular weight excluding hydrogens is 210 g/mol. The first-order chi connectivity index (χ1) is 8.13. The summed E-state index contributed by atoms with van der Waals surface area (Å²) in [5.74, 6) is -0.0733. The van der Waals surface area contributed by atoms with Crippen molar-refractivity contribution in [2.75, 3.05) is 0 Å². The maximum atomic E-state index is 11.4. The van der Waals surface area contributed by atoms with E-state index in [-0.39, 0.29) is 5.78 Å². The molecule has 0 fully saturated rings. The maximum Gasteiger partial charge on any atom is 0.161 e. The van der Waals surface area contributed by atoms with E-state index in [0.29, 0.717) is 11.3 Å². The van der Waals surface area contributed by atoms with E-state index in [4.69, 9.17) is 0 Å². The lowest BCUT2D eigenvalue weighted by molar-refractivity contribution is -0.111. The van der Waals surface area contributed by atoms with E-state index in [9.17, 15) is 4.79 Å². The summed E-state index contributed by atoms with van der Waals surface area (Å²) in [7, 11) is 0. The molecule has 0 aliphatic rings. The van der Waals surface area contributed by atoms with Gasteiger partial charge >= 0.3 is 0 Å². The van der Waals surface area contributed by atoms with E-state index < -0.39 is 0 Å². The average Bonchev–Trinajstić information content (AvgIpc) is 2.36. The molecule has 2 heteroatoms.